The van der Waals surface area contributed by atoms with Crippen LogP contribution in [-0.2, 0) is 0 Å². The number of hydrogen-bond acceptors (Lipinski definition) is 5. The second-order valence-corrected chi connectivity index (χ2v) is 7.99. The first-order valence-electron chi connectivity index (χ1n) is 9.43. The second-order valence-electron chi connectivity index (χ2n) is 7.55. The van der Waals surface area contributed by atoms with Gasteiger partial charge in [-0.2, -0.15) is 4.98 Å². The van der Waals surface area contributed by atoms with Crippen molar-refractivity contribution in [1.82, 2.24) is 20.0 Å². The predicted molar refractivity (Wildman–Crippen MR) is 104 cm³/mol. The monoisotopic (exact) mass is 380 g/mol. The first kappa shape index (κ1) is 16.9. The van der Waals surface area contributed by atoms with Gasteiger partial charge in [-0.1, -0.05) is 35.0 Å². The van der Waals surface area contributed by atoms with Gasteiger partial charge in [-0.3, -0.25) is 9.88 Å². The zero-order chi connectivity index (χ0) is 18.4. The van der Waals surface area contributed by atoms with Crippen molar-refractivity contribution >= 4 is 11.6 Å². The molecule has 0 amide bonds. The zero-order valence-electron chi connectivity index (χ0n) is 15.1. The van der Waals surface area contributed by atoms with Crippen LogP contribution in [0.1, 0.15) is 42.6 Å². The molecular weight excluding hydrogens is 360 g/mol. The van der Waals surface area contributed by atoms with E-state index in [-0.39, 0.29) is 5.92 Å². The summed E-state index contributed by atoms with van der Waals surface area (Å²) >= 11 is 6.11. The van der Waals surface area contributed by atoms with Crippen LogP contribution in [0.3, 0.4) is 0 Å². The Balaban J connectivity index is 1.54. The quantitative estimate of drug-likeness (QED) is 0.668. The number of nitrogens with zero attached hydrogens (tertiary/aromatic N) is 4. The van der Waals surface area contributed by atoms with E-state index in [0.29, 0.717) is 29.7 Å². The van der Waals surface area contributed by atoms with Gasteiger partial charge in [0.2, 0.25) is 11.7 Å². The Morgan fingerprint density at radius 2 is 1.96 bits per heavy atom. The predicted octanol–water partition coefficient (Wildman–Crippen LogP) is 4.52. The number of pyridine rings is 1. The lowest BCUT2D eigenvalue weighted by atomic mass is 9.76. The Bertz CT molecular complexity index is 927. The number of benzene rings is 1. The van der Waals surface area contributed by atoms with E-state index in [9.17, 15) is 0 Å². The Labute approximate surface area is 163 Å². The molecule has 2 aliphatic rings. The van der Waals surface area contributed by atoms with Crippen LogP contribution in [0.2, 0.25) is 5.02 Å². The molecule has 5 nitrogen and oxygen atoms in total. The lowest BCUT2D eigenvalue weighted by Gasteiger charge is -2.41. The highest BCUT2D eigenvalue weighted by molar-refractivity contribution is 6.30. The number of fused-ring (bicyclic) bond motifs is 2. The summed E-state index contributed by atoms with van der Waals surface area (Å²) in [5.74, 6) is 1.81. The van der Waals surface area contributed by atoms with Gasteiger partial charge in [0.05, 0.1) is 5.92 Å². The van der Waals surface area contributed by atoms with Crippen molar-refractivity contribution in [3.8, 4) is 11.5 Å². The normalized spacial score (nSPS) is 27.8. The molecule has 2 aliphatic heterocycles. The highest BCUT2D eigenvalue weighted by atomic mass is 35.5. The van der Waals surface area contributed by atoms with Gasteiger partial charge in [-0.15, -0.1) is 0 Å². The van der Waals surface area contributed by atoms with Gasteiger partial charge < -0.3 is 4.52 Å². The third-order valence-corrected chi connectivity index (χ3v) is 6.44. The fourth-order valence-electron chi connectivity index (χ4n) is 4.83. The second kappa shape index (κ2) is 6.73. The molecule has 1 aromatic carbocycles. The number of hydrogen-bond donors (Lipinski definition) is 0. The molecule has 2 bridgehead atoms. The summed E-state index contributed by atoms with van der Waals surface area (Å²) in [5, 5.41) is 4.99. The van der Waals surface area contributed by atoms with Crippen molar-refractivity contribution in [3.63, 3.8) is 0 Å². The van der Waals surface area contributed by atoms with Crippen LogP contribution in [0.25, 0.3) is 11.5 Å². The van der Waals surface area contributed by atoms with Crippen LogP contribution in [0.15, 0.2) is 53.2 Å². The Morgan fingerprint density at radius 3 is 2.74 bits per heavy atom. The maximum absolute atomic E-state index is 6.11. The van der Waals surface area contributed by atoms with Crippen LogP contribution in [0.4, 0.5) is 0 Å². The fourth-order valence-corrected chi connectivity index (χ4v) is 4.95. The van der Waals surface area contributed by atoms with Crippen molar-refractivity contribution in [1.29, 1.82) is 0 Å². The topological polar surface area (TPSA) is 55.1 Å². The summed E-state index contributed by atoms with van der Waals surface area (Å²) < 4.78 is 5.78. The number of likely N-dealkylation sites (N-methyl/N-ethyl adjacent to an activating group) is 1. The molecule has 0 N–H and O–H groups in total. The highest BCUT2D eigenvalue weighted by Crippen LogP contribution is 2.50. The SMILES string of the molecule is CN1[C@@H]2CC[C@H]1[C@H](c1nc(-c3ccccn3)no1)[C@H](c1ccc(Cl)cc1)C2. The van der Waals surface area contributed by atoms with E-state index in [4.69, 9.17) is 21.1 Å². The molecule has 4 heterocycles. The Kier molecular flexibility index (Phi) is 4.21. The Morgan fingerprint density at radius 1 is 1.11 bits per heavy atom. The minimum atomic E-state index is 0.180. The summed E-state index contributed by atoms with van der Waals surface area (Å²) in [6.07, 6.45) is 5.23. The van der Waals surface area contributed by atoms with Crippen LogP contribution in [0, 0.1) is 0 Å². The first-order chi connectivity index (χ1) is 13.2. The molecule has 5 rings (SSSR count). The van der Waals surface area contributed by atoms with Gasteiger partial charge in [-0.25, -0.2) is 0 Å². The highest BCUT2D eigenvalue weighted by Gasteiger charge is 2.48. The van der Waals surface area contributed by atoms with Crippen LogP contribution in [-0.4, -0.2) is 39.2 Å². The molecule has 138 valence electrons. The number of rotatable bonds is 3. The first-order valence-corrected chi connectivity index (χ1v) is 9.81. The minimum Gasteiger partial charge on any atom is -0.339 e. The van der Waals surface area contributed by atoms with Crippen molar-refractivity contribution < 1.29 is 4.52 Å². The van der Waals surface area contributed by atoms with Gasteiger partial charge in [-0.05, 0) is 62.1 Å². The molecule has 0 aliphatic carbocycles. The van der Waals surface area contributed by atoms with E-state index in [1.807, 2.05) is 30.3 Å². The maximum Gasteiger partial charge on any atom is 0.232 e. The number of aromatic nitrogens is 3. The van der Waals surface area contributed by atoms with Crippen LogP contribution in [0.5, 0.6) is 0 Å². The molecule has 2 fully saturated rings. The minimum absolute atomic E-state index is 0.180. The molecular formula is C21H21ClN4O. The summed E-state index contributed by atoms with van der Waals surface area (Å²) in [5.41, 5.74) is 2.04. The largest absolute Gasteiger partial charge is 0.339 e. The number of piperidine rings is 1. The third-order valence-electron chi connectivity index (χ3n) is 6.19. The molecule has 2 saturated heterocycles. The van der Waals surface area contributed by atoms with Crippen molar-refractivity contribution in [2.45, 2.75) is 43.2 Å². The third kappa shape index (κ3) is 2.95. The average Bonchev–Trinajstić information content (AvgIpc) is 3.26. The summed E-state index contributed by atoms with van der Waals surface area (Å²) in [6.45, 7) is 0. The maximum atomic E-state index is 6.11. The van der Waals surface area contributed by atoms with Crippen molar-refractivity contribution in [3.05, 3.63) is 65.1 Å². The number of halogens is 1. The summed E-state index contributed by atoms with van der Waals surface area (Å²) in [4.78, 5) is 11.6. The molecule has 0 unspecified atom stereocenters. The van der Waals surface area contributed by atoms with Crippen molar-refractivity contribution in [2.24, 2.45) is 0 Å². The lowest BCUT2D eigenvalue weighted by molar-refractivity contribution is 0.120. The van der Waals surface area contributed by atoms with E-state index in [1.165, 1.54) is 12.0 Å². The van der Waals surface area contributed by atoms with E-state index in [0.717, 1.165) is 23.6 Å². The van der Waals surface area contributed by atoms with Gasteiger partial charge >= 0.3 is 0 Å². The van der Waals surface area contributed by atoms with E-state index >= 15 is 0 Å². The van der Waals surface area contributed by atoms with E-state index < -0.39 is 0 Å². The molecule has 2 aromatic heterocycles. The molecule has 0 radical (unpaired) electrons. The van der Waals surface area contributed by atoms with Gasteiger partial charge in [0, 0.05) is 23.3 Å². The van der Waals surface area contributed by atoms with Crippen molar-refractivity contribution in [2.75, 3.05) is 7.05 Å². The van der Waals surface area contributed by atoms with Gasteiger partial charge in [0.25, 0.3) is 0 Å². The molecule has 4 atom stereocenters. The summed E-state index contributed by atoms with van der Waals surface area (Å²) in [7, 11) is 2.23. The standard InChI is InChI=1S/C21H21ClN4O/c1-26-15-9-10-18(26)19(16(12-15)13-5-7-14(22)8-6-13)21-24-20(25-27-21)17-4-2-3-11-23-17/h2-8,11,15-16,18-19H,9-10,12H2,1H3/t15-,16+,18+,19-/m1/s1. The van der Waals surface area contributed by atoms with Crippen LogP contribution >= 0.6 is 11.6 Å². The molecule has 0 spiro atoms. The van der Waals surface area contributed by atoms with Crippen LogP contribution < -0.4 is 0 Å². The zero-order valence-corrected chi connectivity index (χ0v) is 15.9. The molecule has 3 aromatic rings. The molecule has 27 heavy (non-hydrogen) atoms. The Hall–Kier alpha value is -2.24. The van der Waals surface area contributed by atoms with Gasteiger partial charge in [0.15, 0.2) is 0 Å². The molecule has 0 saturated carbocycles. The lowest BCUT2D eigenvalue weighted by Crippen LogP contribution is -2.44. The smallest absolute Gasteiger partial charge is 0.232 e. The fraction of sp³-hybridized carbons (Fsp3) is 0.381. The van der Waals surface area contributed by atoms with E-state index in [2.05, 4.69) is 34.2 Å². The summed E-state index contributed by atoms with van der Waals surface area (Å²) in [6, 6.07) is 15.0. The average molecular weight is 381 g/mol. The van der Waals surface area contributed by atoms with E-state index in [1.54, 1.807) is 6.20 Å². The molecule has 6 heteroatoms. The van der Waals surface area contributed by atoms with Gasteiger partial charge in [0.1, 0.15) is 5.69 Å².